The van der Waals surface area contributed by atoms with E-state index in [0.29, 0.717) is 23.1 Å². The molecule has 182 valence electrons. The number of fused-ring (bicyclic) bond motifs is 1. The maximum Gasteiger partial charge on any atom is 0.260 e. The maximum absolute atomic E-state index is 12.9. The number of nitrogens with two attached hydrogens (primary N) is 1. The van der Waals surface area contributed by atoms with Crippen molar-refractivity contribution in [2.75, 3.05) is 11.9 Å². The van der Waals surface area contributed by atoms with E-state index < -0.39 is 0 Å². The van der Waals surface area contributed by atoms with Gasteiger partial charge in [-0.15, -0.1) is 6.58 Å². The van der Waals surface area contributed by atoms with Crippen LogP contribution in [0.1, 0.15) is 54.9 Å². The van der Waals surface area contributed by atoms with E-state index in [4.69, 9.17) is 9.97 Å². The Morgan fingerprint density at radius 2 is 2.03 bits per heavy atom. The number of allylic oxidation sites excluding steroid dienone is 1. The molecular formula is C27H34N7O+. The van der Waals surface area contributed by atoms with Crippen molar-refractivity contribution in [1.29, 1.82) is 0 Å². The number of nitrogens with zero attached hydrogens (tertiary/aromatic N) is 3. The Morgan fingerprint density at radius 1 is 1.20 bits per heavy atom. The Balaban J connectivity index is 1.66. The molecule has 8 nitrogen and oxygen atoms in total. The lowest BCUT2D eigenvalue weighted by Crippen LogP contribution is -2.73. The zero-order chi connectivity index (χ0) is 25.0. The minimum Gasteiger partial charge on any atom is -0.350 e. The molecule has 3 aromatic rings. The second kappa shape index (κ2) is 10.3. The van der Waals surface area contributed by atoms with Crippen LogP contribution in [0, 0.1) is 0 Å². The molecule has 0 bridgehead atoms. The number of carbonyl (C=O) groups excluding carboxylic acids is 1. The van der Waals surface area contributed by atoms with Crippen molar-refractivity contribution in [1.82, 2.24) is 25.6 Å². The third kappa shape index (κ3) is 5.90. The van der Waals surface area contributed by atoms with Crippen LogP contribution in [0.4, 0.5) is 23.3 Å². The van der Waals surface area contributed by atoms with Gasteiger partial charge in [0.15, 0.2) is 0 Å². The monoisotopic (exact) mass is 472 g/mol. The van der Waals surface area contributed by atoms with Crippen LogP contribution in [0.15, 0.2) is 55.3 Å². The van der Waals surface area contributed by atoms with Gasteiger partial charge in [0.05, 0.1) is 11.9 Å². The highest BCUT2D eigenvalue weighted by molar-refractivity contribution is 5.97. The fourth-order valence-electron chi connectivity index (χ4n) is 3.90. The van der Waals surface area contributed by atoms with Gasteiger partial charge in [-0.25, -0.2) is 15.3 Å². The summed E-state index contributed by atoms with van der Waals surface area (Å²) in [6.07, 6.45) is 4.43. The average molecular weight is 473 g/mol. The van der Waals surface area contributed by atoms with Crippen LogP contribution in [0.25, 0.3) is 0 Å². The number of quaternary nitrogens is 1. The van der Waals surface area contributed by atoms with Crippen LogP contribution in [0.3, 0.4) is 0 Å². The van der Waals surface area contributed by atoms with Gasteiger partial charge >= 0.3 is 0 Å². The fourth-order valence-corrected chi connectivity index (χ4v) is 3.90. The minimum absolute atomic E-state index is 0.00650. The molecule has 1 aliphatic rings. The van der Waals surface area contributed by atoms with E-state index in [2.05, 4.69) is 53.5 Å². The van der Waals surface area contributed by atoms with Crippen molar-refractivity contribution in [3.8, 4) is 0 Å². The summed E-state index contributed by atoms with van der Waals surface area (Å²) in [5.41, 5.74) is 4.57. The van der Waals surface area contributed by atoms with Crippen LogP contribution >= 0.6 is 0 Å². The maximum atomic E-state index is 12.9. The molecule has 0 fully saturated rings. The Labute approximate surface area is 206 Å². The Bertz CT molecular complexity index is 1240. The van der Waals surface area contributed by atoms with Crippen LogP contribution in [0.2, 0.25) is 0 Å². The molecule has 0 unspecified atom stereocenters. The summed E-state index contributed by atoms with van der Waals surface area (Å²) in [4.78, 5) is 26.8. The van der Waals surface area contributed by atoms with E-state index in [0.717, 1.165) is 30.9 Å². The summed E-state index contributed by atoms with van der Waals surface area (Å²) < 4.78 is 0. The van der Waals surface area contributed by atoms with E-state index in [-0.39, 0.29) is 17.4 Å². The van der Waals surface area contributed by atoms with Gasteiger partial charge in [-0.3, -0.25) is 4.79 Å². The summed E-state index contributed by atoms with van der Waals surface area (Å²) in [7, 11) is 0. The van der Waals surface area contributed by atoms with Crippen LogP contribution in [-0.4, -0.2) is 33.4 Å². The highest BCUT2D eigenvalue weighted by atomic mass is 16.1. The van der Waals surface area contributed by atoms with Gasteiger partial charge in [-0.2, -0.15) is 4.98 Å². The quantitative estimate of drug-likeness (QED) is 0.374. The number of aromatic nitrogens is 3. The van der Waals surface area contributed by atoms with Crippen LogP contribution < -0.4 is 21.3 Å². The lowest BCUT2D eigenvalue weighted by atomic mass is 9.89. The normalized spacial score (nSPS) is 13.3. The molecule has 1 aromatic carbocycles. The van der Waals surface area contributed by atoms with Gasteiger partial charge in [-0.05, 0) is 56.1 Å². The predicted octanol–water partition coefficient (Wildman–Crippen LogP) is 3.39. The van der Waals surface area contributed by atoms with Gasteiger partial charge < -0.3 is 16.0 Å². The Morgan fingerprint density at radius 3 is 2.80 bits per heavy atom. The number of carbonyl (C=O) groups is 1. The second-order valence-corrected chi connectivity index (χ2v) is 9.67. The first kappa shape index (κ1) is 24.5. The molecular weight excluding hydrogens is 438 g/mol. The number of rotatable bonds is 8. The fraction of sp³-hybridized carbons (Fsp3) is 0.333. The molecule has 0 atom stereocenters. The highest BCUT2D eigenvalue weighted by Gasteiger charge is 2.23. The van der Waals surface area contributed by atoms with Crippen molar-refractivity contribution in [3.63, 3.8) is 0 Å². The zero-order valence-corrected chi connectivity index (χ0v) is 20.9. The summed E-state index contributed by atoms with van der Waals surface area (Å²) >= 11 is 0. The molecule has 5 N–H and O–H groups in total. The van der Waals surface area contributed by atoms with Crippen molar-refractivity contribution < 1.29 is 10.1 Å². The van der Waals surface area contributed by atoms with Crippen molar-refractivity contribution in [3.05, 3.63) is 77.6 Å². The zero-order valence-electron chi connectivity index (χ0n) is 20.9. The number of benzene rings is 1. The van der Waals surface area contributed by atoms with Crippen molar-refractivity contribution in [2.24, 2.45) is 0 Å². The Kier molecular flexibility index (Phi) is 7.23. The molecule has 0 saturated carbocycles. The molecule has 0 radical (unpaired) electrons. The Hall–Kier alpha value is -3.62. The summed E-state index contributed by atoms with van der Waals surface area (Å²) in [6, 6.07) is 12.1. The van der Waals surface area contributed by atoms with Gasteiger partial charge in [-0.1, -0.05) is 32.1 Å². The minimum atomic E-state index is -0.276. The molecule has 0 spiro atoms. The molecule has 0 aliphatic carbocycles. The van der Waals surface area contributed by atoms with Crippen molar-refractivity contribution >= 4 is 29.2 Å². The van der Waals surface area contributed by atoms with E-state index in [1.807, 2.05) is 49.5 Å². The molecule has 4 rings (SSSR count). The van der Waals surface area contributed by atoms with Gasteiger partial charge in [0.2, 0.25) is 17.6 Å². The highest BCUT2D eigenvalue weighted by Crippen LogP contribution is 2.24. The van der Waals surface area contributed by atoms with Crippen LogP contribution in [-0.2, 0) is 18.4 Å². The first-order chi connectivity index (χ1) is 16.7. The van der Waals surface area contributed by atoms with Crippen molar-refractivity contribution in [2.45, 2.75) is 52.1 Å². The van der Waals surface area contributed by atoms with Gasteiger partial charge in [0, 0.05) is 29.8 Å². The van der Waals surface area contributed by atoms with E-state index in [1.165, 1.54) is 11.1 Å². The molecule has 1 amide bonds. The molecule has 35 heavy (non-hydrogen) atoms. The first-order valence-electron chi connectivity index (χ1n) is 12.0. The average Bonchev–Trinajstić information content (AvgIpc) is 2.84. The third-order valence-corrected chi connectivity index (χ3v) is 6.06. The SMILES string of the molecule is C=CC(C)(C)c1cccc([NH2+]c2nc(Nc3ccc4c(c3)CCNC4)ncc2C(=O)NC(C)C)n1. The van der Waals surface area contributed by atoms with Crippen LogP contribution in [0.5, 0.6) is 0 Å². The number of hydrogen-bond donors (Lipinski definition) is 4. The summed E-state index contributed by atoms with van der Waals surface area (Å²) in [5.74, 6) is 1.42. The number of amides is 1. The molecule has 2 aromatic heterocycles. The molecule has 1 aliphatic heterocycles. The lowest BCUT2D eigenvalue weighted by molar-refractivity contribution is -0.487. The summed E-state index contributed by atoms with van der Waals surface area (Å²) in [6.45, 7) is 13.8. The third-order valence-electron chi connectivity index (χ3n) is 6.06. The van der Waals surface area contributed by atoms with E-state index in [9.17, 15) is 4.79 Å². The standard InChI is InChI=1S/C27H33N7O/c1-6-27(4,5)22-8-7-9-23(32-22)33-24-21(25(35)30-17(2)3)16-29-26(34-24)31-20-11-10-19-15-28-13-12-18(19)14-20/h6-11,14,16-17,28H,1,12-13,15H2,2-5H3,(H,30,35)(H2,29,31,32,33,34)/p+1. The number of nitrogens with one attached hydrogen (secondary N) is 3. The smallest absolute Gasteiger partial charge is 0.260 e. The van der Waals surface area contributed by atoms with Gasteiger partial charge in [0.25, 0.3) is 5.91 Å². The number of anilines is 2. The molecule has 0 saturated heterocycles. The topological polar surface area (TPSA) is 108 Å². The van der Waals surface area contributed by atoms with Gasteiger partial charge in [0.1, 0.15) is 5.56 Å². The molecule has 8 heteroatoms. The lowest BCUT2D eigenvalue weighted by Gasteiger charge is -2.19. The number of pyridine rings is 1. The summed E-state index contributed by atoms with van der Waals surface area (Å²) in [5, 5.41) is 11.5. The first-order valence-corrected chi connectivity index (χ1v) is 12.0. The molecule has 3 heterocycles. The number of hydrogen-bond acceptors (Lipinski definition) is 6. The largest absolute Gasteiger partial charge is 0.350 e. The van der Waals surface area contributed by atoms with E-state index in [1.54, 1.807) is 6.20 Å². The van der Waals surface area contributed by atoms with E-state index >= 15 is 0 Å². The second-order valence-electron chi connectivity index (χ2n) is 9.67. The predicted molar refractivity (Wildman–Crippen MR) is 138 cm³/mol.